The van der Waals surface area contributed by atoms with Crippen molar-refractivity contribution in [1.82, 2.24) is 15.0 Å². The molecule has 0 saturated carbocycles. The van der Waals surface area contributed by atoms with E-state index in [9.17, 15) is 4.79 Å². The fourth-order valence-electron chi connectivity index (χ4n) is 1.90. The predicted molar refractivity (Wildman–Crippen MR) is 77.8 cm³/mol. The van der Waals surface area contributed by atoms with Gasteiger partial charge in [-0.3, -0.25) is 4.79 Å². The van der Waals surface area contributed by atoms with Gasteiger partial charge in [-0.1, -0.05) is 0 Å². The number of aromatic nitrogens is 3. The maximum absolute atomic E-state index is 12.1. The summed E-state index contributed by atoms with van der Waals surface area (Å²) < 4.78 is 0. The minimum atomic E-state index is -0.180. The molecular weight excluding hydrogens is 254 g/mol. The Labute approximate surface area is 115 Å². The Hall–Kier alpha value is -2.89. The van der Waals surface area contributed by atoms with E-state index in [1.807, 2.05) is 6.07 Å². The number of carbonyl (C=O) groups excluding carboxylic acids is 1. The second-order valence-corrected chi connectivity index (χ2v) is 4.27. The Morgan fingerprint density at radius 1 is 1.20 bits per heavy atom. The molecule has 0 aliphatic carbocycles. The van der Waals surface area contributed by atoms with Crippen LogP contribution in [0.4, 0.5) is 11.5 Å². The van der Waals surface area contributed by atoms with Crippen molar-refractivity contribution in [1.29, 1.82) is 0 Å². The van der Waals surface area contributed by atoms with Crippen LogP contribution >= 0.6 is 0 Å². The summed E-state index contributed by atoms with van der Waals surface area (Å²) >= 11 is 0. The van der Waals surface area contributed by atoms with Crippen LogP contribution in [0.3, 0.4) is 0 Å². The number of carbonyl (C=O) groups is 1. The van der Waals surface area contributed by atoms with Gasteiger partial charge >= 0.3 is 0 Å². The number of amides is 1. The number of anilines is 2. The second kappa shape index (κ2) is 5.00. The van der Waals surface area contributed by atoms with Gasteiger partial charge in [0.1, 0.15) is 5.82 Å². The summed E-state index contributed by atoms with van der Waals surface area (Å²) in [6, 6.07) is 8.92. The molecule has 0 saturated heterocycles. The Balaban J connectivity index is 1.80. The molecule has 2 aromatic heterocycles. The predicted octanol–water partition coefficient (Wildman–Crippen LogP) is 2.25. The van der Waals surface area contributed by atoms with Gasteiger partial charge in [-0.25, -0.2) is 9.97 Å². The van der Waals surface area contributed by atoms with Crippen molar-refractivity contribution in [3.8, 4) is 0 Å². The van der Waals surface area contributed by atoms with Gasteiger partial charge in [-0.2, -0.15) is 0 Å². The quantitative estimate of drug-likeness (QED) is 0.679. The molecule has 0 bridgehead atoms. The van der Waals surface area contributed by atoms with Crippen LogP contribution in [-0.2, 0) is 0 Å². The van der Waals surface area contributed by atoms with Crippen molar-refractivity contribution in [3.63, 3.8) is 0 Å². The lowest BCUT2D eigenvalue weighted by Gasteiger charge is -2.06. The Bertz CT molecular complexity index is 748. The first-order valence-corrected chi connectivity index (χ1v) is 6.14. The lowest BCUT2D eigenvalue weighted by atomic mass is 10.2. The first kappa shape index (κ1) is 12.2. The first-order chi connectivity index (χ1) is 9.76. The highest BCUT2D eigenvalue weighted by Gasteiger charge is 2.08. The van der Waals surface area contributed by atoms with Crippen LogP contribution in [0.25, 0.3) is 11.0 Å². The van der Waals surface area contributed by atoms with E-state index in [2.05, 4.69) is 25.6 Å². The van der Waals surface area contributed by atoms with E-state index in [1.54, 1.807) is 43.8 Å². The zero-order valence-electron chi connectivity index (χ0n) is 10.8. The molecule has 6 heteroatoms. The molecule has 0 radical (unpaired) electrons. The smallest absolute Gasteiger partial charge is 0.255 e. The number of aromatic amines is 1. The van der Waals surface area contributed by atoms with Crippen LogP contribution in [0.1, 0.15) is 10.4 Å². The molecule has 6 nitrogen and oxygen atoms in total. The minimum Gasteiger partial charge on any atom is -0.373 e. The number of pyridine rings is 1. The molecule has 0 unspecified atom stereocenters. The topological polar surface area (TPSA) is 82.7 Å². The summed E-state index contributed by atoms with van der Waals surface area (Å²) in [6.07, 6.45) is 3.21. The number of hydrogen-bond donors (Lipinski definition) is 3. The van der Waals surface area contributed by atoms with Gasteiger partial charge in [-0.05, 0) is 30.3 Å². The number of imidazole rings is 1. The van der Waals surface area contributed by atoms with E-state index in [-0.39, 0.29) is 5.91 Å². The molecule has 1 amide bonds. The van der Waals surface area contributed by atoms with E-state index in [1.165, 1.54) is 0 Å². The molecule has 3 rings (SSSR count). The molecule has 0 aliphatic heterocycles. The van der Waals surface area contributed by atoms with E-state index in [0.29, 0.717) is 11.3 Å². The van der Waals surface area contributed by atoms with E-state index in [0.717, 1.165) is 16.9 Å². The van der Waals surface area contributed by atoms with Crippen molar-refractivity contribution < 1.29 is 4.79 Å². The number of benzene rings is 1. The van der Waals surface area contributed by atoms with Gasteiger partial charge in [0, 0.05) is 12.6 Å². The Morgan fingerprint density at radius 3 is 2.85 bits per heavy atom. The second-order valence-electron chi connectivity index (χ2n) is 4.27. The highest BCUT2D eigenvalue weighted by Crippen LogP contribution is 2.14. The van der Waals surface area contributed by atoms with Crippen LogP contribution in [0.5, 0.6) is 0 Å². The van der Waals surface area contributed by atoms with E-state index >= 15 is 0 Å². The third-order valence-corrected chi connectivity index (χ3v) is 2.96. The summed E-state index contributed by atoms with van der Waals surface area (Å²) in [7, 11) is 1.79. The normalized spacial score (nSPS) is 10.4. The molecule has 3 aromatic rings. The maximum Gasteiger partial charge on any atom is 0.255 e. The SMILES string of the molecule is CNc1ccc(NC(=O)c2ccc3nc[nH]c3c2)cn1. The zero-order chi connectivity index (χ0) is 13.9. The number of hydrogen-bond acceptors (Lipinski definition) is 4. The minimum absolute atomic E-state index is 0.180. The Morgan fingerprint density at radius 2 is 2.10 bits per heavy atom. The third-order valence-electron chi connectivity index (χ3n) is 2.96. The van der Waals surface area contributed by atoms with Crippen molar-refractivity contribution in [2.24, 2.45) is 0 Å². The summed E-state index contributed by atoms with van der Waals surface area (Å²) in [5.74, 6) is 0.572. The molecule has 0 fully saturated rings. The van der Waals surface area contributed by atoms with Crippen molar-refractivity contribution in [2.75, 3.05) is 17.7 Å². The number of H-pyrrole nitrogens is 1. The molecule has 3 N–H and O–H groups in total. The highest BCUT2D eigenvalue weighted by molar-refractivity contribution is 6.05. The lowest BCUT2D eigenvalue weighted by Crippen LogP contribution is -2.12. The highest BCUT2D eigenvalue weighted by atomic mass is 16.1. The molecule has 0 aliphatic rings. The third kappa shape index (κ3) is 2.31. The molecule has 0 spiro atoms. The Kier molecular flexibility index (Phi) is 3.04. The molecular formula is C14H13N5O. The van der Waals surface area contributed by atoms with Gasteiger partial charge in [0.25, 0.3) is 5.91 Å². The number of fused-ring (bicyclic) bond motifs is 1. The number of rotatable bonds is 3. The van der Waals surface area contributed by atoms with Gasteiger partial charge < -0.3 is 15.6 Å². The first-order valence-electron chi connectivity index (χ1n) is 6.14. The van der Waals surface area contributed by atoms with Gasteiger partial charge in [0.2, 0.25) is 0 Å². The summed E-state index contributed by atoms with van der Waals surface area (Å²) in [6.45, 7) is 0. The standard InChI is InChI=1S/C14H13N5O/c1-15-13-5-3-10(7-16-13)19-14(20)9-2-4-11-12(6-9)18-8-17-11/h2-8H,1H3,(H,15,16)(H,17,18)(H,19,20). The lowest BCUT2D eigenvalue weighted by molar-refractivity contribution is 0.102. The van der Waals surface area contributed by atoms with Crippen LogP contribution in [0.15, 0.2) is 42.9 Å². The molecule has 20 heavy (non-hydrogen) atoms. The van der Waals surface area contributed by atoms with Gasteiger partial charge in [0.05, 0.1) is 29.2 Å². The van der Waals surface area contributed by atoms with Crippen molar-refractivity contribution in [2.45, 2.75) is 0 Å². The van der Waals surface area contributed by atoms with Crippen LogP contribution in [0, 0.1) is 0 Å². The van der Waals surface area contributed by atoms with E-state index < -0.39 is 0 Å². The number of nitrogens with zero attached hydrogens (tertiary/aromatic N) is 2. The molecule has 0 atom stereocenters. The average molecular weight is 267 g/mol. The molecule has 1 aromatic carbocycles. The van der Waals surface area contributed by atoms with E-state index in [4.69, 9.17) is 0 Å². The fraction of sp³-hybridized carbons (Fsp3) is 0.0714. The van der Waals surface area contributed by atoms with Crippen molar-refractivity contribution in [3.05, 3.63) is 48.4 Å². The zero-order valence-corrected chi connectivity index (χ0v) is 10.8. The summed E-state index contributed by atoms with van der Waals surface area (Å²) in [5.41, 5.74) is 2.89. The average Bonchev–Trinajstić information content (AvgIpc) is 2.95. The summed E-state index contributed by atoms with van der Waals surface area (Å²) in [4.78, 5) is 23.4. The van der Waals surface area contributed by atoms with Crippen LogP contribution in [0.2, 0.25) is 0 Å². The fourth-order valence-corrected chi connectivity index (χ4v) is 1.90. The number of nitrogens with one attached hydrogen (secondary N) is 3. The maximum atomic E-state index is 12.1. The monoisotopic (exact) mass is 267 g/mol. The largest absolute Gasteiger partial charge is 0.373 e. The summed E-state index contributed by atoms with van der Waals surface area (Å²) in [5, 5.41) is 5.72. The van der Waals surface area contributed by atoms with Gasteiger partial charge in [0.15, 0.2) is 0 Å². The van der Waals surface area contributed by atoms with Gasteiger partial charge in [-0.15, -0.1) is 0 Å². The van der Waals surface area contributed by atoms with Crippen LogP contribution < -0.4 is 10.6 Å². The van der Waals surface area contributed by atoms with Crippen molar-refractivity contribution >= 4 is 28.4 Å². The molecule has 100 valence electrons. The molecule has 2 heterocycles. The van der Waals surface area contributed by atoms with Crippen LogP contribution in [-0.4, -0.2) is 27.9 Å².